The molecule has 3 rings (SSSR count). The molecule has 2 aromatic rings. The summed E-state index contributed by atoms with van der Waals surface area (Å²) < 4.78 is 4.82. The van der Waals surface area contributed by atoms with E-state index in [-0.39, 0.29) is 11.8 Å². The Morgan fingerprint density at radius 3 is 2.67 bits per heavy atom. The van der Waals surface area contributed by atoms with E-state index in [4.69, 9.17) is 4.74 Å². The van der Waals surface area contributed by atoms with E-state index in [2.05, 4.69) is 22.0 Å². The number of anilines is 1. The number of methoxy groups -OCH3 is 1. The van der Waals surface area contributed by atoms with Crippen molar-refractivity contribution in [2.45, 2.75) is 33.2 Å². The first kappa shape index (κ1) is 16.3. The molecule has 0 radical (unpaired) electrons. The van der Waals surface area contributed by atoms with Crippen LogP contribution in [0.25, 0.3) is 0 Å². The van der Waals surface area contributed by atoms with Crippen LogP contribution >= 0.6 is 0 Å². The molecule has 0 unspecified atom stereocenters. The van der Waals surface area contributed by atoms with E-state index in [0.717, 1.165) is 18.7 Å². The highest BCUT2D eigenvalue weighted by Crippen LogP contribution is 2.31. The number of carbonyl (C=O) groups is 2. The normalized spacial score (nSPS) is 14.4. The molecule has 5 nitrogen and oxygen atoms in total. The standard InChI is InChI=1S/C19H22N2O3/c1-11-16(19(23)24-4)12(2)20-17(11)18(22)13(3)21-10-9-14-7-5-6-8-15(14)21/h5-8,13,20H,9-10H2,1-4H3/t13-/m1/s1. The maximum atomic E-state index is 13.0. The Hall–Kier alpha value is -2.56. The monoisotopic (exact) mass is 326 g/mol. The van der Waals surface area contributed by atoms with Crippen LogP contribution in [0.3, 0.4) is 0 Å². The van der Waals surface area contributed by atoms with Gasteiger partial charge >= 0.3 is 5.97 Å². The van der Waals surface area contributed by atoms with Gasteiger partial charge in [-0.05, 0) is 44.4 Å². The van der Waals surface area contributed by atoms with E-state index in [1.807, 2.05) is 19.1 Å². The molecule has 0 saturated carbocycles. The number of ether oxygens (including phenoxy) is 1. The maximum absolute atomic E-state index is 13.0. The summed E-state index contributed by atoms with van der Waals surface area (Å²) in [6.07, 6.45) is 0.948. The number of carbonyl (C=O) groups excluding carboxylic acids is 2. The molecule has 1 aromatic heterocycles. The van der Waals surface area contributed by atoms with Gasteiger partial charge in [0.05, 0.1) is 24.4 Å². The summed E-state index contributed by atoms with van der Waals surface area (Å²) in [5.74, 6) is -0.429. The fourth-order valence-corrected chi connectivity index (χ4v) is 3.52. The summed E-state index contributed by atoms with van der Waals surface area (Å²) in [5.41, 5.74) is 4.65. The largest absolute Gasteiger partial charge is 0.465 e. The number of para-hydroxylation sites is 1. The number of H-pyrrole nitrogens is 1. The highest BCUT2D eigenvalue weighted by Gasteiger charge is 2.31. The minimum Gasteiger partial charge on any atom is -0.465 e. The first-order valence-corrected chi connectivity index (χ1v) is 8.12. The Kier molecular flexibility index (Phi) is 4.18. The van der Waals surface area contributed by atoms with E-state index in [1.165, 1.54) is 12.7 Å². The number of aromatic amines is 1. The van der Waals surface area contributed by atoms with E-state index in [9.17, 15) is 9.59 Å². The molecule has 0 spiro atoms. The number of nitrogens with zero attached hydrogens (tertiary/aromatic N) is 1. The smallest absolute Gasteiger partial charge is 0.339 e. The molecule has 1 aromatic carbocycles. The van der Waals surface area contributed by atoms with Crippen molar-refractivity contribution in [2.24, 2.45) is 0 Å². The Balaban J connectivity index is 1.92. The third-order valence-electron chi connectivity index (χ3n) is 4.84. The van der Waals surface area contributed by atoms with Crippen molar-refractivity contribution in [3.05, 3.63) is 52.3 Å². The van der Waals surface area contributed by atoms with Gasteiger partial charge in [0.2, 0.25) is 5.78 Å². The van der Waals surface area contributed by atoms with Crippen LogP contribution in [0.4, 0.5) is 5.69 Å². The van der Waals surface area contributed by atoms with Crippen LogP contribution in [-0.4, -0.2) is 36.4 Å². The molecule has 0 fully saturated rings. The summed E-state index contributed by atoms with van der Waals surface area (Å²) in [5, 5.41) is 0. The molecule has 0 aliphatic carbocycles. The molecule has 1 aliphatic heterocycles. The number of rotatable bonds is 4. The van der Waals surface area contributed by atoms with Gasteiger partial charge in [0.15, 0.2) is 0 Å². The van der Waals surface area contributed by atoms with Gasteiger partial charge in [0.1, 0.15) is 0 Å². The van der Waals surface area contributed by atoms with Crippen LogP contribution in [0, 0.1) is 13.8 Å². The highest BCUT2D eigenvalue weighted by molar-refractivity contribution is 6.05. The van der Waals surface area contributed by atoms with Gasteiger partial charge < -0.3 is 14.6 Å². The Morgan fingerprint density at radius 2 is 1.96 bits per heavy atom. The summed E-state index contributed by atoms with van der Waals surface area (Å²) in [6.45, 7) is 6.31. The first-order valence-electron chi connectivity index (χ1n) is 8.12. The van der Waals surface area contributed by atoms with Gasteiger partial charge in [-0.1, -0.05) is 18.2 Å². The number of hydrogen-bond acceptors (Lipinski definition) is 4. The third kappa shape index (κ3) is 2.50. The number of aryl methyl sites for hydroxylation is 1. The minimum absolute atomic E-state index is 0.0116. The summed E-state index contributed by atoms with van der Waals surface area (Å²) >= 11 is 0. The van der Waals surface area contributed by atoms with E-state index < -0.39 is 5.97 Å². The number of nitrogens with one attached hydrogen (secondary N) is 1. The molecule has 0 saturated heterocycles. The lowest BCUT2D eigenvalue weighted by Crippen LogP contribution is -2.38. The van der Waals surface area contributed by atoms with E-state index in [0.29, 0.717) is 22.5 Å². The number of Topliss-reactive ketones (excluding diaryl/α,β-unsaturated/α-hetero) is 1. The fourth-order valence-electron chi connectivity index (χ4n) is 3.52. The van der Waals surface area contributed by atoms with Crippen LogP contribution in [0.1, 0.15) is 44.6 Å². The van der Waals surface area contributed by atoms with Crippen molar-refractivity contribution in [2.75, 3.05) is 18.6 Å². The Labute approximate surface area is 141 Å². The zero-order chi connectivity index (χ0) is 17.4. The number of benzene rings is 1. The number of ketones is 1. The van der Waals surface area contributed by atoms with E-state index >= 15 is 0 Å². The quantitative estimate of drug-likeness (QED) is 0.693. The summed E-state index contributed by atoms with van der Waals surface area (Å²) in [4.78, 5) is 30.1. The average Bonchev–Trinajstić information content (AvgIpc) is 3.14. The molecule has 1 aliphatic rings. The van der Waals surface area contributed by atoms with Crippen LogP contribution in [0.15, 0.2) is 24.3 Å². The Bertz CT molecular complexity index is 807. The van der Waals surface area contributed by atoms with Crippen LogP contribution in [-0.2, 0) is 11.2 Å². The van der Waals surface area contributed by atoms with Crippen molar-refractivity contribution in [3.63, 3.8) is 0 Å². The molecule has 0 bridgehead atoms. The van der Waals surface area contributed by atoms with Crippen molar-refractivity contribution in [3.8, 4) is 0 Å². The third-order valence-corrected chi connectivity index (χ3v) is 4.84. The zero-order valence-electron chi connectivity index (χ0n) is 14.5. The van der Waals surface area contributed by atoms with Gasteiger partial charge in [0, 0.05) is 17.9 Å². The molecule has 1 atom stereocenters. The van der Waals surface area contributed by atoms with Gasteiger partial charge in [-0.2, -0.15) is 0 Å². The molecule has 24 heavy (non-hydrogen) atoms. The van der Waals surface area contributed by atoms with Crippen molar-refractivity contribution < 1.29 is 14.3 Å². The molecule has 1 N–H and O–H groups in total. The predicted octanol–water partition coefficient (Wildman–Crippen LogP) is 3.05. The fraction of sp³-hybridized carbons (Fsp3) is 0.368. The first-order chi connectivity index (χ1) is 11.5. The van der Waals surface area contributed by atoms with E-state index in [1.54, 1.807) is 13.8 Å². The number of esters is 1. The highest BCUT2D eigenvalue weighted by atomic mass is 16.5. The lowest BCUT2D eigenvalue weighted by molar-refractivity contribution is 0.0599. The lowest BCUT2D eigenvalue weighted by Gasteiger charge is -2.26. The van der Waals surface area contributed by atoms with Gasteiger partial charge in [0.25, 0.3) is 0 Å². The second kappa shape index (κ2) is 6.15. The summed E-state index contributed by atoms with van der Waals surface area (Å²) in [7, 11) is 1.35. The van der Waals surface area contributed by atoms with Crippen LogP contribution in [0.2, 0.25) is 0 Å². The van der Waals surface area contributed by atoms with Crippen molar-refractivity contribution >= 4 is 17.4 Å². The molecule has 126 valence electrons. The predicted molar refractivity (Wildman–Crippen MR) is 92.9 cm³/mol. The molecule has 0 amide bonds. The maximum Gasteiger partial charge on any atom is 0.339 e. The molecule has 5 heteroatoms. The van der Waals surface area contributed by atoms with Crippen LogP contribution in [0.5, 0.6) is 0 Å². The van der Waals surface area contributed by atoms with Gasteiger partial charge in [-0.25, -0.2) is 4.79 Å². The number of hydrogen-bond donors (Lipinski definition) is 1. The molecular formula is C19H22N2O3. The van der Waals surface area contributed by atoms with Gasteiger partial charge in [-0.15, -0.1) is 0 Å². The lowest BCUT2D eigenvalue weighted by atomic mass is 10.0. The molecule has 2 heterocycles. The van der Waals surface area contributed by atoms with Crippen LogP contribution < -0.4 is 4.90 Å². The second-order valence-corrected chi connectivity index (χ2v) is 6.23. The van der Waals surface area contributed by atoms with Crippen molar-refractivity contribution in [1.29, 1.82) is 0 Å². The second-order valence-electron chi connectivity index (χ2n) is 6.23. The number of fused-ring (bicyclic) bond motifs is 1. The average molecular weight is 326 g/mol. The van der Waals surface area contributed by atoms with Gasteiger partial charge in [-0.3, -0.25) is 4.79 Å². The Morgan fingerprint density at radius 1 is 1.25 bits per heavy atom. The molecular weight excluding hydrogens is 304 g/mol. The zero-order valence-corrected chi connectivity index (χ0v) is 14.5. The SMILES string of the molecule is COC(=O)c1c(C)[nH]c(C(=O)[C@@H](C)N2CCc3ccccc32)c1C. The summed E-state index contributed by atoms with van der Waals surface area (Å²) in [6, 6.07) is 7.88. The topological polar surface area (TPSA) is 62.4 Å². The van der Waals surface area contributed by atoms with Crippen molar-refractivity contribution in [1.82, 2.24) is 4.98 Å². The minimum atomic E-state index is -0.417. The number of aromatic nitrogens is 1.